The third-order valence-corrected chi connectivity index (χ3v) is 4.16. The maximum absolute atomic E-state index is 12.2. The molecule has 1 aromatic carbocycles. The molecular weight excluding hydrogens is 308 g/mol. The number of fused-ring (bicyclic) bond motifs is 1. The van der Waals surface area contributed by atoms with E-state index in [1.54, 1.807) is 13.8 Å². The zero-order chi connectivity index (χ0) is 16.7. The summed E-state index contributed by atoms with van der Waals surface area (Å²) in [4.78, 5) is 20.4. The molecule has 2 heterocycles. The van der Waals surface area contributed by atoms with Crippen LogP contribution in [0, 0.1) is 13.8 Å². The van der Waals surface area contributed by atoms with Crippen LogP contribution in [0.4, 0.5) is 0 Å². The molecule has 4 rings (SSSR count). The molecule has 0 saturated carbocycles. The van der Waals surface area contributed by atoms with E-state index in [2.05, 4.69) is 26.5 Å². The molecule has 0 saturated heterocycles. The van der Waals surface area contributed by atoms with E-state index in [0.717, 1.165) is 24.0 Å². The highest BCUT2D eigenvalue weighted by Crippen LogP contribution is 2.33. The third-order valence-electron chi connectivity index (χ3n) is 4.16. The molecule has 0 fully saturated rings. The van der Waals surface area contributed by atoms with Crippen molar-refractivity contribution in [3.63, 3.8) is 0 Å². The van der Waals surface area contributed by atoms with Crippen molar-refractivity contribution in [2.45, 2.75) is 32.7 Å². The van der Waals surface area contributed by atoms with Crippen LogP contribution in [-0.2, 0) is 6.42 Å². The van der Waals surface area contributed by atoms with Crippen LogP contribution in [0.1, 0.15) is 45.9 Å². The standard InChI is InChI=1S/C17H16N4O3/c1-9-18-8-15(23-9)17(22)20-14-6-4-11-7-12(3-5-13(11)14)16-19-10(2)24-21-16/h3,5,7-8,14H,4,6H2,1-2H3,(H,20,22). The van der Waals surface area contributed by atoms with Crippen LogP contribution in [0.5, 0.6) is 0 Å². The molecule has 2 aromatic heterocycles. The Balaban J connectivity index is 1.55. The summed E-state index contributed by atoms with van der Waals surface area (Å²) >= 11 is 0. The number of hydrogen-bond donors (Lipinski definition) is 1. The maximum atomic E-state index is 12.2. The van der Waals surface area contributed by atoms with Crippen molar-refractivity contribution in [3.05, 3.63) is 53.1 Å². The van der Waals surface area contributed by atoms with E-state index in [4.69, 9.17) is 8.94 Å². The summed E-state index contributed by atoms with van der Waals surface area (Å²) in [5.74, 6) is 1.59. The van der Waals surface area contributed by atoms with Gasteiger partial charge in [-0.1, -0.05) is 17.3 Å². The molecule has 122 valence electrons. The minimum atomic E-state index is -0.244. The number of carbonyl (C=O) groups is 1. The first kappa shape index (κ1) is 14.6. The lowest BCUT2D eigenvalue weighted by molar-refractivity contribution is 0.0907. The number of oxazole rings is 1. The maximum Gasteiger partial charge on any atom is 0.289 e. The van der Waals surface area contributed by atoms with Crippen LogP contribution in [0.3, 0.4) is 0 Å². The fraction of sp³-hybridized carbons (Fsp3) is 0.294. The van der Waals surface area contributed by atoms with Gasteiger partial charge < -0.3 is 14.3 Å². The number of rotatable bonds is 3. The van der Waals surface area contributed by atoms with Gasteiger partial charge in [0.1, 0.15) is 0 Å². The summed E-state index contributed by atoms with van der Waals surface area (Å²) in [5, 5.41) is 6.95. The molecule has 1 unspecified atom stereocenters. The first-order valence-electron chi connectivity index (χ1n) is 7.77. The molecule has 0 radical (unpaired) electrons. The minimum absolute atomic E-state index is 0.0287. The highest BCUT2D eigenvalue weighted by molar-refractivity contribution is 5.91. The van der Waals surface area contributed by atoms with Crippen molar-refractivity contribution in [3.8, 4) is 11.4 Å². The summed E-state index contributed by atoms with van der Waals surface area (Å²) in [5.41, 5.74) is 3.22. The molecule has 0 aliphatic heterocycles. The average molecular weight is 324 g/mol. The molecule has 1 aliphatic carbocycles. The van der Waals surface area contributed by atoms with Crippen LogP contribution in [0.2, 0.25) is 0 Å². The Bertz CT molecular complexity index is 912. The van der Waals surface area contributed by atoms with E-state index in [9.17, 15) is 4.79 Å². The number of nitrogens with zero attached hydrogens (tertiary/aromatic N) is 3. The highest BCUT2D eigenvalue weighted by atomic mass is 16.5. The molecule has 1 aliphatic rings. The quantitative estimate of drug-likeness (QED) is 0.796. The van der Waals surface area contributed by atoms with Gasteiger partial charge in [0.15, 0.2) is 5.89 Å². The SMILES string of the molecule is Cc1nc(-c2ccc3c(c2)CCC3NC(=O)c2cnc(C)o2)no1. The van der Waals surface area contributed by atoms with Gasteiger partial charge in [0, 0.05) is 19.4 Å². The second-order valence-electron chi connectivity index (χ2n) is 5.86. The van der Waals surface area contributed by atoms with Gasteiger partial charge in [-0.05, 0) is 30.0 Å². The van der Waals surface area contributed by atoms with Crippen molar-refractivity contribution in [2.24, 2.45) is 0 Å². The first-order chi connectivity index (χ1) is 11.6. The lowest BCUT2D eigenvalue weighted by Gasteiger charge is -2.13. The van der Waals surface area contributed by atoms with Crippen LogP contribution < -0.4 is 5.32 Å². The van der Waals surface area contributed by atoms with Crippen LogP contribution >= 0.6 is 0 Å². The molecule has 0 bridgehead atoms. The normalized spacial score (nSPS) is 16.2. The molecule has 3 aromatic rings. The number of hydrogen-bond acceptors (Lipinski definition) is 6. The summed E-state index contributed by atoms with van der Waals surface area (Å²) < 4.78 is 10.3. The lowest BCUT2D eigenvalue weighted by atomic mass is 10.0. The Morgan fingerprint density at radius 2 is 2.17 bits per heavy atom. The van der Waals surface area contributed by atoms with Crippen LogP contribution in [0.15, 0.2) is 33.3 Å². The van der Waals surface area contributed by atoms with Crippen molar-refractivity contribution in [1.29, 1.82) is 0 Å². The summed E-state index contributed by atoms with van der Waals surface area (Å²) in [6.07, 6.45) is 3.19. The second kappa shape index (κ2) is 5.59. The number of aryl methyl sites for hydroxylation is 3. The fourth-order valence-corrected chi connectivity index (χ4v) is 3.02. The van der Waals surface area contributed by atoms with Gasteiger partial charge in [0.25, 0.3) is 5.91 Å². The Labute approximate surface area is 138 Å². The average Bonchev–Trinajstić information content (AvgIpc) is 3.28. The highest BCUT2D eigenvalue weighted by Gasteiger charge is 2.26. The molecule has 24 heavy (non-hydrogen) atoms. The molecule has 1 amide bonds. The molecule has 7 heteroatoms. The van der Waals surface area contributed by atoms with Gasteiger partial charge in [-0.15, -0.1) is 0 Å². The number of amides is 1. The van der Waals surface area contributed by atoms with E-state index in [1.807, 2.05) is 12.1 Å². The summed E-state index contributed by atoms with van der Waals surface area (Å²) in [6, 6.07) is 6.00. The predicted molar refractivity (Wildman–Crippen MR) is 84.2 cm³/mol. The number of nitrogens with one attached hydrogen (secondary N) is 1. The largest absolute Gasteiger partial charge is 0.436 e. The monoisotopic (exact) mass is 324 g/mol. The van der Waals surface area contributed by atoms with Gasteiger partial charge >= 0.3 is 0 Å². The van der Waals surface area contributed by atoms with E-state index in [-0.39, 0.29) is 17.7 Å². The van der Waals surface area contributed by atoms with Crippen molar-refractivity contribution in [1.82, 2.24) is 20.4 Å². The van der Waals surface area contributed by atoms with Gasteiger partial charge in [-0.25, -0.2) is 4.98 Å². The number of carbonyl (C=O) groups excluding carboxylic acids is 1. The molecule has 0 spiro atoms. The van der Waals surface area contributed by atoms with Gasteiger partial charge in [0.05, 0.1) is 12.2 Å². The minimum Gasteiger partial charge on any atom is -0.436 e. The van der Waals surface area contributed by atoms with Crippen molar-refractivity contribution in [2.75, 3.05) is 0 Å². The smallest absolute Gasteiger partial charge is 0.289 e. The second-order valence-corrected chi connectivity index (χ2v) is 5.86. The number of benzene rings is 1. The van der Waals surface area contributed by atoms with Crippen molar-refractivity contribution < 1.29 is 13.7 Å². The van der Waals surface area contributed by atoms with Gasteiger partial charge in [-0.3, -0.25) is 4.79 Å². The fourth-order valence-electron chi connectivity index (χ4n) is 3.02. The van der Waals surface area contributed by atoms with Crippen molar-refractivity contribution >= 4 is 5.91 Å². The summed E-state index contributed by atoms with van der Waals surface area (Å²) in [6.45, 7) is 3.48. The number of aromatic nitrogens is 3. The molecule has 7 nitrogen and oxygen atoms in total. The van der Waals surface area contributed by atoms with Gasteiger partial charge in [0.2, 0.25) is 17.5 Å². The predicted octanol–water partition coefficient (Wildman–Crippen LogP) is 2.76. The molecule has 1 N–H and O–H groups in total. The lowest BCUT2D eigenvalue weighted by Crippen LogP contribution is -2.26. The Morgan fingerprint density at radius 3 is 2.88 bits per heavy atom. The van der Waals surface area contributed by atoms with Crippen LogP contribution in [0.25, 0.3) is 11.4 Å². The Morgan fingerprint density at radius 1 is 1.29 bits per heavy atom. The summed E-state index contributed by atoms with van der Waals surface area (Å²) in [7, 11) is 0. The van der Waals surface area contributed by atoms with Crippen LogP contribution in [-0.4, -0.2) is 21.0 Å². The zero-order valence-corrected chi connectivity index (χ0v) is 13.4. The molecule has 1 atom stereocenters. The first-order valence-corrected chi connectivity index (χ1v) is 7.77. The topological polar surface area (TPSA) is 94.1 Å². The third kappa shape index (κ3) is 2.58. The van der Waals surface area contributed by atoms with E-state index < -0.39 is 0 Å². The Hall–Kier alpha value is -2.96. The zero-order valence-electron chi connectivity index (χ0n) is 13.4. The van der Waals surface area contributed by atoms with E-state index in [1.165, 1.54) is 11.8 Å². The van der Waals surface area contributed by atoms with E-state index >= 15 is 0 Å². The van der Waals surface area contributed by atoms with E-state index in [0.29, 0.717) is 17.6 Å². The van der Waals surface area contributed by atoms with Gasteiger partial charge in [-0.2, -0.15) is 4.98 Å². The Kier molecular flexibility index (Phi) is 3.41. The molecular formula is C17H16N4O3.